The van der Waals surface area contributed by atoms with Crippen LogP contribution in [0.4, 0.5) is 0 Å². The van der Waals surface area contributed by atoms with Crippen LogP contribution in [0.2, 0.25) is 0 Å². The van der Waals surface area contributed by atoms with Crippen LogP contribution in [-0.2, 0) is 4.79 Å². The van der Waals surface area contributed by atoms with E-state index >= 15 is 0 Å². The Morgan fingerprint density at radius 2 is 2.12 bits per heavy atom. The van der Waals surface area contributed by atoms with Gasteiger partial charge < -0.3 is 4.90 Å². The standard InChI is InChI=1S/C13H26N2O/c1-4-13(16)7-5-9-15-10-6-8-14(3)11-12(15)2/h12H,4-11H2,1-3H3. The van der Waals surface area contributed by atoms with Gasteiger partial charge in [-0.3, -0.25) is 9.69 Å². The van der Waals surface area contributed by atoms with Gasteiger partial charge in [0.2, 0.25) is 0 Å². The minimum absolute atomic E-state index is 0.402. The molecule has 0 saturated carbocycles. The van der Waals surface area contributed by atoms with Gasteiger partial charge in [-0.05, 0) is 46.4 Å². The second-order valence-electron chi connectivity index (χ2n) is 5.00. The lowest BCUT2D eigenvalue weighted by molar-refractivity contribution is -0.118. The van der Waals surface area contributed by atoms with E-state index in [1.165, 1.54) is 19.5 Å². The predicted molar refractivity (Wildman–Crippen MR) is 67.7 cm³/mol. The van der Waals surface area contributed by atoms with E-state index in [9.17, 15) is 4.79 Å². The van der Waals surface area contributed by atoms with Gasteiger partial charge in [0.25, 0.3) is 0 Å². The van der Waals surface area contributed by atoms with Gasteiger partial charge in [-0.15, -0.1) is 0 Å². The molecule has 3 nitrogen and oxygen atoms in total. The van der Waals surface area contributed by atoms with Crippen LogP contribution in [-0.4, -0.2) is 54.9 Å². The smallest absolute Gasteiger partial charge is 0.132 e. The highest BCUT2D eigenvalue weighted by molar-refractivity contribution is 5.77. The zero-order valence-corrected chi connectivity index (χ0v) is 11.0. The summed E-state index contributed by atoms with van der Waals surface area (Å²) in [6, 6.07) is 0.629. The molecule has 0 aliphatic carbocycles. The molecular formula is C13H26N2O. The van der Waals surface area contributed by atoms with Gasteiger partial charge in [-0.2, -0.15) is 0 Å². The monoisotopic (exact) mass is 226 g/mol. The number of hydrogen-bond acceptors (Lipinski definition) is 3. The fourth-order valence-electron chi connectivity index (χ4n) is 2.41. The summed E-state index contributed by atoms with van der Waals surface area (Å²) < 4.78 is 0. The Balaban J connectivity index is 2.26. The molecule has 1 saturated heterocycles. The molecule has 0 radical (unpaired) electrons. The van der Waals surface area contributed by atoms with Crippen LogP contribution in [0.1, 0.15) is 39.5 Å². The van der Waals surface area contributed by atoms with Crippen LogP contribution in [0.3, 0.4) is 0 Å². The van der Waals surface area contributed by atoms with Gasteiger partial charge >= 0.3 is 0 Å². The van der Waals surface area contributed by atoms with Crippen molar-refractivity contribution in [3.8, 4) is 0 Å². The second kappa shape index (κ2) is 7.02. The summed E-state index contributed by atoms with van der Waals surface area (Å²) in [5.74, 6) is 0.402. The molecule has 0 aromatic heterocycles. The van der Waals surface area contributed by atoms with E-state index in [-0.39, 0.29) is 0 Å². The zero-order valence-electron chi connectivity index (χ0n) is 11.0. The van der Waals surface area contributed by atoms with Crippen molar-refractivity contribution in [2.45, 2.75) is 45.6 Å². The quantitative estimate of drug-likeness (QED) is 0.714. The van der Waals surface area contributed by atoms with E-state index in [0.29, 0.717) is 18.2 Å². The number of likely N-dealkylation sites (N-methyl/N-ethyl adjacent to an activating group) is 1. The molecule has 1 aliphatic heterocycles. The Morgan fingerprint density at radius 1 is 1.38 bits per heavy atom. The molecule has 1 fully saturated rings. The fraction of sp³-hybridized carbons (Fsp3) is 0.923. The van der Waals surface area contributed by atoms with Crippen molar-refractivity contribution < 1.29 is 4.79 Å². The lowest BCUT2D eigenvalue weighted by Crippen LogP contribution is -2.38. The summed E-state index contributed by atoms with van der Waals surface area (Å²) in [5, 5.41) is 0. The third-order valence-corrected chi connectivity index (χ3v) is 3.48. The molecule has 16 heavy (non-hydrogen) atoms. The van der Waals surface area contributed by atoms with Gasteiger partial charge in [0, 0.05) is 25.4 Å². The van der Waals surface area contributed by atoms with E-state index in [2.05, 4.69) is 23.8 Å². The van der Waals surface area contributed by atoms with E-state index in [1.807, 2.05) is 6.92 Å². The molecule has 1 heterocycles. The van der Waals surface area contributed by atoms with Crippen LogP contribution >= 0.6 is 0 Å². The van der Waals surface area contributed by atoms with Crippen molar-refractivity contribution in [3.63, 3.8) is 0 Å². The van der Waals surface area contributed by atoms with Crippen molar-refractivity contribution in [1.29, 1.82) is 0 Å². The van der Waals surface area contributed by atoms with Crippen LogP contribution in [0.15, 0.2) is 0 Å². The summed E-state index contributed by atoms with van der Waals surface area (Å²) in [6.07, 6.45) is 3.73. The number of ketones is 1. The molecule has 0 spiro atoms. The molecule has 1 rings (SSSR count). The summed E-state index contributed by atoms with van der Waals surface area (Å²) >= 11 is 0. The minimum Gasteiger partial charge on any atom is -0.305 e. The Morgan fingerprint density at radius 3 is 2.81 bits per heavy atom. The maximum absolute atomic E-state index is 11.2. The van der Waals surface area contributed by atoms with Crippen molar-refractivity contribution >= 4 is 5.78 Å². The topological polar surface area (TPSA) is 23.6 Å². The Hall–Kier alpha value is -0.410. The maximum atomic E-state index is 11.2. The molecule has 3 heteroatoms. The lowest BCUT2D eigenvalue weighted by Gasteiger charge is -2.27. The van der Waals surface area contributed by atoms with Gasteiger partial charge in [0.05, 0.1) is 0 Å². The third-order valence-electron chi connectivity index (χ3n) is 3.48. The molecule has 0 bridgehead atoms. The molecule has 94 valence electrons. The summed E-state index contributed by atoms with van der Waals surface area (Å²) in [5.41, 5.74) is 0. The zero-order chi connectivity index (χ0) is 12.0. The highest BCUT2D eigenvalue weighted by Crippen LogP contribution is 2.09. The SMILES string of the molecule is CCC(=O)CCCN1CCCN(C)CC1C. The second-order valence-corrected chi connectivity index (χ2v) is 5.00. The normalized spacial score (nSPS) is 24.3. The number of hydrogen-bond donors (Lipinski definition) is 0. The Kier molecular flexibility index (Phi) is 5.99. The third kappa shape index (κ3) is 4.62. The molecule has 1 unspecified atom stereocenters. The highest BCUT2D eigenvalue weighted by atomic mass is 16.1. The fourth-order valence-corrected chi connectivity index (χ4v) is 2.41. The minimum atomic E-state index is 0.402. The van der Waals surface area contributed by atoms with Crippen LogP contribution in [0, 0.1) is 0 Å². The van der Waals surface area contributed by atoms with Crippen LogP contribution in [0.25, 0.3) is 0 Å². The van der Waals surface area contributed by atoms with E-state index in [0.717, 1.165) is 25.9 Å². The molecule has 1 aliphatic rings. The lowest BCUT2D eigenvalue weighted by atomic mass is 10.1. The van der Waals surface area contributed by atoms with Gasteiger partial charge in [0.1, 0.15) is 5.78 Å². The van der Waals surface area contributed by atoms with Gasteiger partial charge in [-0.1, -0.05) is 6.92 Å². The molecular weight excluding hydrogens is 200 g/mol. The molecule has 1 atom stereocenters. The first-order valence-electron chi connectivity index (χ1n) is 6.57. The number of carbonyl (C=O) groups excluding carboxylic acids is 1. The van der Waals surface area contributed by atoms with Gasteiger partial charge in [-0.25, -0.2) is 0 Å². The summed E-state index contributed by atoms with van der Waals surface area (Å²) in [4.78, 5) is 16.2. The first-order valence-corrected chi connectivity index (χ1v) is 6.57. The number of carbonyl (C=O) groups is 1. The van der Waals surface area contributed by atoms with Crippen molar-refractivity contribution in [3.05, 3.63) is 0 Å². The largest absolute Gasteiger partial charge is 0.305 e. The first-order chi connectivity index (χ1) is 7.63. The Bertz CT molecular complexity index is 218. The van der Waals surface area contributed by atoms with Crippen LogP contribution in [0.5, 0.6) is 0 Å². The van der Waals surface area contributed by atoms with E-state index < -0.39 is 0 Å². The van der Waals surface area contributed by atoms with E-state index in [4.69, 9.17) is 0 Å². The van der Waals surface area contributed by atoms with Crippen LogP contribution < -0.4 is 0 Å². The average molecular weight is 226 g/mol. The molecule has 0 aromatic carbocycles. The van der Waals surface area contributed by atoms with Crippen molar-refractivity contribution in [2.24, 2.45) is 0 Å². The van der Waals surface area contributed by atoms with Crippen molar-refractivity contribution in [2.75, 3.05) is 33.2 Å². The molecule has 0 aromatic rings. The maximum Gasteiger partial charge on any atom is 0.132 e. The number of rotatable bonds is 5. The van der Waals surface area contributed by atoms with E-state index in [1.54, 1.807) is 0 Å². The number of nitrogens with zero attached hydrogens (tertiary/aromatic N) is 2. The van der Waals surface area contributed by atoms with Crippen molar-refractivity contribution in [1.82, 2.24) is 9.80 Å². The average Bonchev–Trinajstić information content (AvgIpc) is 2.40. The Labute approximate surface area is 99.8 Å². The number of Topliss-reactive ketones (excluding diaryl/α,β-unsaturated/α-hetero) is 1. The molecule has 0 N–H and O–H groups in total. The van der Waals surface area contributed by atoms with Gasteiger partial charge in [0.15, 0.2) is 0 Å². The summed E-state index contributed by atoms with van der Waals surface area (Å²) in [7, 11) is 2.20. The highest BCUT2D eigenvalue weighted by Gasteiger charge is 2.18. The molecule has 0 amide bonds. The first kappa shape index (κ1) is 13.7. The summed E-state index contributed by atoms with van der Waals surface area (Å²) in [6.45, 7) is 8.87. The predicted octanol–water partition coefficient (Wildman–Crippen LogP) is 1.77.